The van der Waals surface area contributed by atoms with Crippen molar-refractivity contribution in [2.24, 2.45) is 0 Å². The quantitative estimate of drug-likeness (QED) is 0.755. The second kappa shape index (κ2) is 5.99. The highest BCUT2D eigenvalue weighted by atomic mass is 16.3. The van der Waals surface area contributed by atoms with Crippen LogP contribution in [-0.2, 0) is 4.79 Å². The number of aliphatic hydroxyl groups excluding tert-OH is 1. The smallest absolute Gasteiger partial charge is 0.322 e. The summed E-state index contributed by atoms with van der Waals surface area (Å²) in [6.45, 7) is 0. The van der Waals surface area contributed by atoms with Crippen LogP contribution in [0.4, 0.5) is 4.79 Å². The van der Waals surface area contributed by atoms with Gasteiger partial charge < -0.3 is 10.4 Å². The molecule has 3 N–H and O–H groups in total. The Kier molecular flexibility index (Phi) is 3.89. The number of aliphatic hydroxyl groups is 1. The van der Waals surface area contributed by atoms with E-state index in [2.05, 4.69) is 10.6 Å². The summed E-state index contributed by atoms with van der Waals surface area (Å²) >= 11 is 0. The Labute approximate surface area is 128 Å². The number of carbonyl (C=O) groups excluding carboxylic acids is 2. The minimum Gasteiger partial charge on any atom is -0.388 e. The predicted molar refractivity (Wildman–Crippen MR) is 81.9 cm³/mol. The van der Waals surface area contributed by atoms with E-state index in [0.29, 0.717) is 5.56 Å². The lowest BCUT2D eigenvalue weighted by atomic mass is 9.98. The average Bonchev–Trinajstić information content (AvgIpc) is 2.86. The number of benzene rings is 2. The van der Waals surface area contributed by atoms with Gasteiger partial charge in [0, 0.05) is 6.42 Å². The molecule has 1 heterocycles. The van der Waals surface area contributed by atoms with Gasteiger partial charge in [-0.2, -0.15) is 0 Å². The lowest BCUT2D eigenvalue weighted by Crippen LogP contribution is -2.30. The van der Waals surface area contributed by atoms with Crippen molar-refractivity contribution in [2.45, 2.75) is 18.6 Å². The van der Waals surface area contributed by atoms with Crippen LogP contribution in [0, 0.1) is 0 Å². The molecule has 0 bridgehead atoms. The number of carbonyl (C=O) groups is 2. The molecule has 0 saturated carbocycles. The van der Waals surface area contributed by atoms with Gasteiger partial charge in [0.1, 0.15) is 6.04 Å². The first-order chi connectivity index (χ1) is 10.6. The number of hydrogen-bond donors (Lipinski definition) is 3. The summed E-state index contributed by atoms with van der Waals surface area (Å²) in [6, 6.07) is 16.3. The number of rotatable bonds is 4. The minimum absolute atomic E-state index is 0.155. The molecule has 1 fully saturated rings. The van der Waals surface area contributed by atoms with Crippen molar-refractivity contribution in [3.63, 3.8) is 0 Å². The fourth-order valence-corrected chi connectivity index (χ4v) is 2.51. The van der Waals surface area contributed by atoms with Crippen molar-refractivity contribution in [1.82, 2.24) is 10.6 Å². The lowest BCUT2D eigenvalue weighted by molar-refractivity contribution is -0.120. The molecule has 0 spiro atoms. The third kappa shape index (κ3) is 2.99. The van der Waals surface area contributed by atoms with E-state index < -0.39 is 24.1 Å². The molecule has 112 valence electrons. The summed E-state index contributed by atoms with van der Waals surface area (Å²) in [5, 5.41) is 14.9. The van der Waals surface area contributed by atoms with Crippen LogP contribution in [-0.4, -0.2) is 23.1 Å². The van der Waals surface area contributed by atoms with Crippen molar-refractivity contribution in [3.05, 3.63) is 60.2 Å². The Hall–Kier alpha value is -2.66. The minimum atomic E-state index is -0.807. The zero-order valence-electron chi connectivity index (χ0n) is 11.8. The van der Waals surface area contributed by atoms with Gasteiger partial charge in [-0.1, -0.05) is 54.6 Å². The maximum Gasteiger partial charge on any atom is 0.322 e. The van der Waals surface area contributed by atoms with Gasteiger partial charge in [0.15, 0.2) is 0 Å². The fourth-order valence-electron chi connectivity index (χ4n) is 2.51. The van der Waals surface area contributed by atoms with Gasteiger partial charge in [-0.3, -0.25) is 10.1 Å². The first kappa shape index (κ1) is 14.3. The normalized spacial score (nSPS) is 18.7. The molecule has 3 rings (SSSR count). The number of nitrogens with one attached hydrogen (secondary N) is 2. The molecule has 0 aromatic heterocycles. The van der Waals surface area contributed by atoms with Crippen LogP contribution in [0.2, 0.25) is 0 Å². The second-order valence-electron chi connectivity index (χ2n) is 5.25. The third-order valence-corrected chi connectivity index (χ3v) is 3.72. The zero-order chi connectivity index (χ0) is 15.5. The lowest BCUT2D eigenvalue weighted by Gasteiger charge is -2.14. The molecule has 2 unspecified atom stereocenters. The van der Waals surface area contributed by atoms with Crippen LogP contribution in [0.3, 0.4) is 0 Å². The topological polar surface area (TPSA) is 78.4 Å². The van der Waals surface area contributed by atoms with E-state index in [0.717, 1.165) is 11.1 Å². The molecule has 2 atom stereocenters. The molecule has 5 heteroatoms. The SMILES string of the molecule is O=C1NC(=O)C(CC(O)c2ccc(-c3ccccc3)cc2)N1. The number of hydrogen-bond acceptors (Lipinski definition) is 3. The molecule has 0 aliphatic carbocycles. The Morgan fingerprint density at radius 3 is 2.18 bits per heavy atom. The highest BCUT2D eigenvalue weighted by molar-refractivity contribution is 6.04. The Morgan fingerprint density at radius 1 is 0.955 bits per heavy atom. The van der Waals surface area contributed by atoms with Crippen LogP contribution < -0.4 is 10.6 Å². The van der Waals surface area contributed by atoms with E-state index in [4.69, 9.17) is 0 Å². The molecule has 22 heavy (non-hydrogen) atoms. The van der Waals surface area contributed by atoms with E-state index in [1.165, 1.54) is 0 Å². The summed E-state index contributed by atoms with van der Waals surface area (Å²) in [5.41, 5.74) is 2.88. The summed E-state index contributed by atoms with van der Waals surface area (Å²) in [5.74, 6) is -0.398. The molecular formula is C17H16N2O3. The fraction of sp³-hybridized carbons (Fsp3) is 0.176. The van der Waals surface area contributed by atoms with Crippen molar-refractivity contribution in [1.29, 1.82) is 0 Å². The van der Waals surface area contributed by atoms with E-state index in [1.807, 2.05) is 54.6 Å². The first-order valence-electron chi connectivity index (χ1n) is 7.08. The Balaban J connectivity index is 1.70. The predicted octanol–water partition coefficient (Wildman–Crippen LogP) is 1.99. The van der Waals surface area contributed by atoms with Crippen molar-refractivity contribution in [2.75, 3.05) is 0 Å². The largest absolute Gasteiger partial charge is 0.388 e. The van der Waals surface area contributed by atoms with E-state index in [9.17, 15) is 14.7 Å². The van der Waals surface area contributed by atoms with Crippen LogP contribution >= 0.6 is 0 Å². The number of imide groups is 1. The van der Waals surface area contributed by atoms with Crippen molar-refractivity contribution in [3.8, 4) is 11.1 Å². The van der Waals surface area contributed by atoms with Gasteiger partial charge in [0.05, 0.1) is 6.10 Å². The summed E-state index contributed by atoms with van der Waals surface area (Å²) in [4.78, 5) is 22.5. The van der Waals surface area contributed by atoms with Crippen molar-refractivity contribution >= 4 is 11.9 Å². The molecule has 2 aromatic carbocycles. The molecule has 1 saturated heterocycles. The van der Waals surface area contributed by atoms with Crippen LogP contribution in [0.25, 0.3) is 11.1 Å². The summed E-state index contributed by atoms with van der Waals surface area (Å²) < 4.78 is 0. The average molecular weight is 296 g/mol. The van der Waals surface area contributed by atoms with Crippen LogP contribution in [0.5, 0.6) is 0 Å². The van der Waals surface area contributed by atoms with Crippen LogP contribution in [0.1, 0.15) is 18.1 Å². The molecule has 2 aromatic rings. The van der Waals surface area contributed by atoms with Crippen LogP contribution in [0.15, 0.2) is 54.6 Å². The highest BCUT2D eigenvalue weighted by Crippen LogP contribution is 2.24. The molecular weight excluding hydrogens is 280 g/mol. The van der Waals surface area contributed by atoms with E-state index in [-0.39, 0.29) is 6.42 Å². The van der Waals surface area contributed by atoms with Gasteiger partial charge in [-0.05, 0) is 16.7 Å². The van der Waals surface area contributed by atoms with Gasteiger partial charge in [0.2, 0.25) is 0 Å². The molecule has 3 amide bonds. The van der Waals surface area contributed by atoms with Gasteiger partial charge in [-0.15, -0.1) is 0 Å². The van der Waals surface area contributed by atoms with E-state index in [1.54, 1.807) is 0 Å². The summed E-state index contributed by atoms with van der Waals surface area (Å²) in [6.07, 6.45) is -0.651. The Bertz CT molecular complexity index is 683. The van der Waals surface area contributed by atoms with Gasteiger partial charge in [0.25, 0.3) is 5.91 Å². The summed E-state index contributed by atoms with van der Waals surface area (Å²) in [7, 11) is 0. The maximum atomic E-state index is 11.5. The standard InChI is InChI=1S/C17H16N2O3/c20-15(10-14-16(21)19-17(22)18-14)13-8-6-12(7-9-13)11-4-2-1-3-5-11/h1-9,14-15,20H,10H2,(H2,18,19,21,22). The number of amides is 3. The van der Waals surface area contributed by atoms with Crippen molar-refractivity contribution < 1.29 is 14.7 Å². The second-order valence-corrected chi connectivity index (χ2v) is 5.25. The zero-order valence-corrected chi connectivity index (χ0v) is 11.8. The highest BCUT2D eigenvalue weighted by Gasteiger charge is 2.31. The monoisotopic (exact) mass is 296 g/mol. The molecule has 5 nitrogen and oxygen atoms in total. The van der Waals surface area contributed by atoms with Gasteiger partial charge >= 0.3 is 6.03 Å². The Morgan fingerprint density at radius 2 is 1.59 bits per heavy atom. The molecule has 0 radical (unpaired) electrons. The van der Waals surface area contributed by atoms with Gasteiger partial charge in [-0.25, -0.2) is 4.79 Å². The molecule has 1 aliphatic rings. The maximum absolute atomic E-state index is 11.5. The van der Waals surface area contributed by atoms with E-state index >= 15 is 0 Å². The third-order valence-electron chi connectivity index (χ3n) is 3.72. The number of urea groups is 1. The first-order valence-corrected chi connectivity index (χ1v) is 7.08. The molecule has 1 aliphatic heterocycles.